The third-order valence-corrected chi connectivity index (χ3v) is 7.14. The smallest absolute Gasteiger partial charge is 0.233 e. The Balaban J connectivity index is 1.72. The highest BCUT2D eigenvalue weighted by molar-refractivity contribution is 8.00. The van der Waals surface area contributed by atoms with Gasteiger partial charge in [0.1, 0.15) is 5.75 Å². The molecule has 1 aromatic heterocycles. The SMILES string of the molecule is C=CCn1c(S[C@H](C)C(=O)N[C@@H]2CCC[C@H](C)[C@H]2C)nnc1-c1ccc(OC)cc1. The summed E-state index contributed by atoms with van der Waals surface area (Å²) in [6.45, 7) is 10.9. The van der Waals surface area contributed by atoms with Crippen LogP contribution in [-0.2, 0) is 11.3 Å². The van der Waals surface area contributed by atoms with E-state index in [1.54, 1.807) is 7.11 Å². The molecule has 1 aliphatic carbocycles. The summed E-state index contributed by atoms with van der Waals surface area (Å²) in [7, 11) is 1.64. The molecule has 1 heterocycles. The minimum absolute atomic E-state index is 0.0603. The van der Waals surface area contributed by atoms with Crippen LogP contribution in [0.1, 0.15) is 40.0 Å². The van der Waals surface area contributed by atoms with E-state index in [1.165, 1.54) is 24.6 Å². The number of hydrogen-bond acceptors (Lipinski definition) is 5. The number of carbonyl (C=O) groups excluding carboxylic acids is 1. The summed E-state index contributed by atoms with van der Waals surface area (Å²) in [5.41, 5.74) is 0.944. The summed E-state index contributed by atoms with van der Waals surface area (Å²) in [5.74, 6) is 2.76. The Morgan fingerprint density at radius 1 is 1.33 bits per heavy atom. The number of ether oxygens (including phenoxy) is 1. The Morgan fingerprint density at radius 3 is 2.73 bits per heavy atom. The molecular weight excluding hydrogens is 396 g/mol. The average Bonchev–Trinajstić information content (AvgIpc) is 3.14. The zero-order chi connectivity index (χ0) is 21.7. The molecule has 0 bridgehead atoms. The van der Waals surface area contributed by atoms with E-state index in [1.807, 2.05) is 41.8 Å². The first kappa shape index (κ1) is 22.4. The fraction of sp³-hybridized carbons (Fsp3) is 0.522. The lowest BCUT2D eigenvalue weighted by molar-refractivity contribution is -0.121. The van der Waals surface area contributed by atoms with Crippen LogP contribution < -0.4 is 10.1 Å². The molecular formula is C23H32N4O2S. The number of hydrogen-bond donors (Lipinski definition) is 1. The second-order valence-corrected chi connectivity index (χ2v) is 9.38. The van der Waals surface area contributed by atoms with Crippen LogP contribution in [0.15, 0.2) is 42.1 Å². The predicted octanol–water partition coefficient (Wildman–Crippen LogP) is 4.56. The van der Waals surface area contributed by atoms with Gasteiger partial charge in [0.05, 0.1) is 12.4 Å². The van der Waals surface area contributed by atoms with Crippen molar-refractivity contribution in [3.8, 4) is 17.1 Å². The van der Waals surface area contributed by atoms with Gasteiger partial charge in [-0.05, 0) is 49.4 Å². The quantitative estimate of drug-likeness (QED) is 0.493. The molecule has 1 fully saturated rings. The summed E-state index contributed by atoms with van der Waals surface area (Å²) in [4.78, 5) is 12.9. The van der Waals surface area contributed by atoms with Crippen LogP contribution in [0, 0.1) is 11.8 Å². The van der Waals surface area contributed by atoms with E-state index in [-0.39, 0.29) is 17.2 Å². The lowest BCUT2D eigenvalue weighted by Crippen LogP contribution is -2.46. The maximum absolute atomic E-state index is 12.9. The standard InChI is InChI=1S/C23H32N4O2S/c1-6-14-27-21(18-10-12-19(29-5)13-11-18)25-26-23(27)30-17(4)22(28)24-20-9-7-8-15(2)16(20)3/h6,10-13,15-17,20H,1,7-9,14H2,2-5H3,(H,24,28)/t15-,16+,17+,20+/m0/s1. The van der Waals surface area contributed by atoms with Crippen LogP contribution in [-0.4, -0.2) is 39.1 Å². The molecule has 0 unspecified atom stereocenters. The predicted molar refractivity (Wildman–Crippen MR) is 122 cm³/mol. The highest BCUT2D eigenvalue weighted by atomic mass is 32.2. The van der Waals surface area contributed by atoms with Gasteiger partial charge in [-0.1, -0.05) is 44.5 Å². The molecule has 1 saturated carbocycles. The second kappa shape index (κ2) is 10.2. The Kier molecular flexibility index (Phi) is 7.58. The number of methoxy groups -OCH3 is 1. The number of aromatic nitrogens is 3. The van der Waals surface area contributed by atoms with Crippen molar-refractivity contribution in [1.82, 2.24) is 20.1 Å². The molecule has 0 saturated heterocycles. The van der Waals surface area contributed by atoms with Gasteiger partial charge in [0.25, 0.3) is 0 Å². The van der Waals surface area contributed by atoms with Gasteiger partial charge in [0, 0.05) is 18.2 Å². The Morgan fingerprint density at radius 2 is 2.07 bits per heavy atom. The summed E-state index contributed by atoms with van der Waals surface area (Å²) in [5, 5.41) is 12.5. The van der Waals surface area contributed by atoms with Crippen molar-refractivity contribution < 1.29 is 9.53 Å². The molecule has 162 valence electrons. The van der Waals surface area contributed by atoms with Crippen molar-refractivity contribution in [2.75, 3.05) is 7.11 Å². The number of rotatable bonds is 8. The number of nitrogens with one attached hydrogen (secondary N) is 1. The van der Waals surface area contributed by atoms with Gasteiger partial charge in [0.2, 0.25) is 5.91 Å². The zero-order valence-electron chi connectivity index (χ0n) is 18.3. The Labute approximate surface area is 183 Å². The van der Waals surface area contributed by atoms with E-state index in [0.717, 1.165) is 23.6 Å². The van der Waals surface area contributed by atoms with Crippen molar-refractivity contribution in [3.63, 3.8) is 0 Å². The maximum atomic E-state index is 12.9. The maximum Gasteiger partial charge on any atom is 0.233 e. The molecule has 0 spiro atoms. The molecule has 1 N–H and O–H groups in total. The topological polar surface area (TPSA) is 69.0 Å². The number of nitrogens with zero attached hydrogens (tertiary/aromatic N) is 3. The summed E-state index contributed by atoms with van der Waals surface area (Å²) in [6, 6.07) is 7.97. The lowest BCUT2D eigenvalue weighted by Gasteiger charge is -2.35. The number of benzene rings is 1. The van der Waals surface area contributed by atoms with Gasteiger partial charge in [-0.15, -0.1) is 16.8 Å². The molecule has 1 aromatic carbocycles. The van der Waals surface area contributed by atoms with E-state index >= 15 is 0 Å². The highest BCUT2D eigenvalue weighted by Gasteiger charge is 2.30. The van der Waals surface area contributed by atoms with Gasteiger partial charge >= 0.3 is 0 Å². The minimum Gasteiger partial charge on any atom is -0.497 e. The van der Waals surface area contributed by atoms with Gasteiger partial charge in [-0.2, -0.15) is 0 Å². The molecule has 0 aliphatic heterocycles. The monoisotopic (exact) mass is 428 g/mol. The minimum atomic E-state index is -0.258. The fourth-order valence-electron chi connectivity index (χ4n) is 3.92. The fourth-order valence-corrected chi connectivity index (χ4v) is 4.79. The first-order chi connectivity index (χ1) is 14.4. The molecule has 30 heavy (non-hydrogen) atoms. The normalized spacial score (nSPS) is 22.3. The van der Waals surface area contributed by atoms with Crippen molar-refractivity contribution in [3.05, 3.63) is 36.9 Å². The van der Waals surface area contributed by atoms with Crippen LogP contribution in [0.3, 0.4) is 0 Å². The molecule has 1 amide bonds. The van der Waals surface area contributed by atoms with Crippen molar-refractivity contribution in [2.24, 2.45) is 11.8 Å². The second-order valence-electron chi connectivity index (χ2n) is 8.08. The molecule has 6 nitrogen and oxygen atoms in total. The zero-order valence-corrected chi connectivity index (χ0v) is 19.1. The van der Waals surface area contributed by atoms with Gasteiger partial charge in [-0.25, -0.2) is 0 Å². The van der Waals surface area contributed by atoms with Crippen LogP contribution in [0.5, 0.6) is 5.75 Å². The average molecular weight is 429 g/mol. The van der Waals surface area contributed by atoms with Crippen molar-refractivity contribution >= 4 is 17.7 Å². The third-order valence-electron chi connectivity index (χ3n) is 6.06. The summed E-state index contributed by atoms with van der Waals surface area (Å²) >= 11 is 1.44. The number of allylic oxidation sites excluding steroid dienone is 1. The van der Waals surface area contributed by atoms with Gasteiger partial charge in [0.15, 0.2) is 11.0 Å². The number of thioether (sulfide) groups is 1. The number of amides is 1. The van der Waals surface area contributed by atoms with Crippen LogP contribution >= 0.6 is 11.8 Å². The van der Waals surface area contributed by atoms with Crippen LogP contribution in [0.2, 0.25) is 0 Å². The van der Waals surface area contributed by atoms with E-state index in [0.29, 0.717) is 23.5 Å². The third kappa shape index (κ3) is 5.06. The van der Waals surface area contributed by atoms with Crippen LogP contribution in [0.25, 0.3) is 11.4 Å². The van der Waals surface area contributed by atoms with Crippen LogP contribution in [0.4, 0.5) is 0 Å². The first-order valence-corrected chi connectivity index (χ1v) is 11.5. The summed E-state index contributed by atoms with van der Waals surface area (Å²) in [6.07, 6.45) is 5.30. The van der Waals surface area contributed by atoms with Crippen molar-refractivity contribution in [2.45, 2.75) is 63.0 Å². The highest BCUT2D eigenvalue weighted by Crippen LogP contribution is 2.31. The van der Waals surface area contributed by atoms with E-state index in [4.69, 9.17) is 4.74 Å². The Hall–Kier alpha value is -2.28. The number of carbonyl (C=O) groups is 1. The lowest BCUT2D eigenvalue weighted by atomic mass is 9.78. The largest absolute Gasteiger partial charge is 0.497 e. The Bertz CT molecular complexity index is 865. The van der Waals surface area contributed by atoms with Crippen molar-refractivity contribution in [1.29, 1.82) is 0 Å². The summed E-state index contributed by atoms with van der Waals surface area (Å²) < 4.78 is 7.23. The van der Waals surface area contributed by atoms with E-state index in [9.17, 15) is 4.79 Å². The molecule has 1 aliphatic rings. The van der Waals surface area contributed by atoms with Gasteiger partial charge in [-0.3, -0.25) is 9.36 Å². The van der Waals surface area contributed by atoms with Gasteiger partial charge < -0.3 is 10.1 Å². The first-order valence-electron chi connectivity index (χ1n) is 10.6. The molecule has 0 radical (unpaired) electrons. The van der Waals surface area contributed by atoms with E-state index in [2.05, 4.69) is 35.9 Å². The molecule has 2 aromatic rings. The molecule has 7 heteroatoms. The van der Waals surface area contributed by atoms with E-state index < -0.39 is 0 Å². The molecule has 4 atom stereocenters. The molecule has 3 rings (SSSR count).